The van der Waals surface area contributed by atoms with E-state index < -0.39 is 5.79 Å². The van der Waals surface area contributed by atoms with E-state index in [1.807, 2.05) is 13.8 Å². The Bertz CT molecular complexity index is 400. The minimum atomic E-state index is -0.433. The standard InChI is InChI=1S/C16H25NO2/c1-5-15(13-8-6-12(2)7-9-13)17-10-14-11-18-16(3,4)19-14/h6-9,14-15,17H,5,10-11H2,1-4H3. The van der Waals surface area contributed by atoms with Crippen LogP contribution in [0.3, 0.4) is 0 Å². The molecule has 1 aliphatic heterocycles. The quantitative estimate of drug-likeness (QED) is 0.885. The van der Waals surface area contributed by atoms with Crippen molar-refractivity contribution in [1.29, 1.82) is 0 Å². The third-order valence-electron chi connectivity index (χ3n) is 3.55. The van der Waals surface area contributed by atoms with Crippen molar-refractivity contribution in [2.45, 2.75) is 52.0 Å². The van der Waals surface area contributed by atoms with Crippen molar-refractivity contribution < 1.29 is 9.47 Å². The lowest BCUT2D eigenvalue weighted by molar-refractivity contribution is -0.137. The Morgan fingerprint density at radius 1 is 1.32 bits per heavy atom. The number of hydrogen-bond donors (Lipinski definition) is 1. The molecule has 1 heterocycles. The molecule has 1 aliphatic rings. The number of hydrogen-bond acceptors (Lipinski definition) is 3. The van der Waals surface area contributed by atoms with Crippen LogP contribution >= 0.6 is 0 Å². The maximum Gasteiger partial charge on any atom is 0.163 e. The fraction of sp³-hybridized carbons (Fsp3) is 0.625. The van der Waals surface area contributed by atoms with Crippen LogP contribution in [0.15, 0.2) is 24.3 Å². The Kier molecular flexibility index (Phi) is 4.61. The minimum Gasteiger partial charge on any atom is -0.348 e. The van der Waals surface area contributed by atoms with Crippen LogP contribution in [0.2, 0.25) is 0 Å². The highest BCUT2D eigenvalue weighted by atomic mass is 16.7. The van der Waals surface area contributed by atoms with E-state index >= 15 is 0 Å². The summed E-state index contributed by atoms with van der Waals surface area (Å²) in [6, 6.07) is 9.11. The summed E-state index contributed by atoms with van der Waals surface area (Å²) < 4.78 is 11.4. The summed E-state index contributed by atoms with van der Waals surface area (Å²) in [5, 5.41) is 3.58. The lowest BCUT2D eigenvalue weighted by Crippen LogP contribution is -2.32. The van der Waals surface area contributed by atoms with Gasteiger partial charge in [0.05, 0.1) is 12.7 Å². The highest BCUT2D eigenvalue weighted by Crippen LogP contribution is 2.23. The molecule has 1 aromatic rings. The van der Waals surface area contributed by atoms with Crippen LogP contribution in [-0.4, -0.2) is 25.0 Å². The highest BCUT2D eigenvalue weighted by Gasteiger charge is 2.32. The molecular weight excluding hydrogens is 238 g/mol. The monoisotopic (exact) mass is 263 g/mol. The molecular formula is C16H25NO2. The van der Waals surface area contributed by atoms with E-state index in [2.05, 4.69) is 43.4 Å². The molecule has 3 nitrogen and oxygen atoms in total. The van der Waals surface area contributed by atoms with Crippen LogP contribution in [0.5, 0.6) is 0 Å². The zero-order valence-electron chi connectivity index (χ0n) is 12.4. The second-order valence-corrected chi connectivity index (χ2v) is 5.73. The van der Waals surface area contributed by atoms with Crippen molar-refractivity contribution >= 4 is 0 Å². The molecule has 1 fully saturated rings. The van der Waals surface area contributed by atoms with Crippen molar-refractivity contribution in [3.8, 4) is 0 Å². The number of ether oxygens (including phenoxy) is 2. The lowest BCUT2D eigenvalue weighted by Gasteiger charge is -2.21. The van der Waals surface area contributed by atoms with Gasteiger partial charge >= 0.3 is 0 Å². The fourth-order valence-corrected chi connectivity index (χ4v) is 2.43. The molecule has 106 valence electrons. The molecule has 2 atom stereocenters. The maximum absolute atomic E-state index is 5.81. The second-order valence-electron chi connectivity index (χ2n) is 5.73. The molecule has 0 radical (unpaired) electrons. The summed E-state index contributed by atoms with van der Waals surface area (Å²) >= 11 is 0. The first-order chi connectivity index (χ1) is 9.00. The Balaban J connectivity index is 1.88. The van der Waals surface area contributed by atoms with Gasteiger partial charge < -0.3 is 14.8 Å². The van der Waals surface area contributed by atoms with Crippen LogP contribution < -0.4 is 5.32 Å². The largest absolute Gasteiger partial charge is 0.348 e. The van der Waals surface area contributed by atoms with Gasteiger partial charge in [-0.3, -0.25) is 0 Å². The second kappa shape index (κ2) is 6.04. The van der Waals surface area contributed by atoms with E-state index in [0.717, 1.165) is 13.0 Å². The van der Waals surface area contributed by atoms with Crippen molar-refractivity contribution in [3.63, 3.8) is 0 Å². The molecule has 0 amide bonds. The van der Waals surface area contributed by atoms with Gasteiger partial charge in [-0.25, -0.2) is 0 Å². The average Bonchev–Trinajstić information content (AvgIpc) is 2.72. The number of benzene rings is 1. The summed E-state index contributed by atoms with van der Waals surface area (Å²) in [4.78, 5) is 0. The molecule has 1 saturated heterocycles. The smallest absolute Gasteiger partial charge is 0.163 e. The first kappa shape index (κ1) is 14.5. The molecule has 0 bridgehead atoms. The van der Waals surface area contributed by atoms with Gasteiger partial charge in [-0.1, -0.05) is 36.8 Å². The Morgan fingerprint density at radius 3 is 2.53 bits per heavy atom. The molecule has 2 rings (SSSR count). The van der Waals surface area contributed by atoms with Crippen molar-refractivity contribution in [2.24, 2.45) is 0 Å². The number of nitrogens with one attached hydrogen (secondary N) is 1. The van der Waals surface area contributed by atoms with E-state index in [9.17, 15) is 0 Å². The fourth-order valence-electron chi connectivity index (χ4n) is 2.43. The van der Waals surface area contributed by atoms with Crippen molar-refractivity contribution in [3.05, 3.63) is 35.4 Å². The number of aryl methyl sites for hydroxylation is 1. The molecule has 2 unspecified atom stereocenters. The van der Waals surface area contributed by atoms with Crippen LogP contribution in [-0.2, 0) is 9.47 Å². The molecule has 0 aromatic heterocycles. The van der Waals surface area contributed by atoms with Crippen molar-refractivity contribution in [1.82, 2.24) is 5.32 Å². The maximum atomic E-state index is 5.81. The minimum absolute atomic E-state index is 0.148. The Morgan fingerprint density at radius 2 is 2.00 bits per heavy atom. The summed E-state index contributed by atoms with van der Waals surface area (Å²) in [5.41, 5.74) is 2.64. The van der Waals surface area contributed by atoms with Gasteiger partial charge in [0.15, 0.2) is 5.79 Å². The SMILES string of the molecule is CCC(NCC1COC(C)(C)O1)c1ccc(C)cc1. The molecule has 0 saturated carbocycles. The molecule has 1 N–H and O–H groups in total. The predicted octanol–water partition coefficient (Wildman–Crippen LogP) is 3.19. The Labute approximate surface area is 116 Å². The molecule has 0 spiro atoms. The summed E-state index contributed by atoms with van der Waals surface area (Å²) in [7, 11) is 0. The molecule has 1 aromatic carbocycles. The van der Waals surface area contributed by atoms with Crippen molar-refractivity contribution in [2.75, 3.05) is 13.2 Å². The predicted molar refractivity (Wildman–Crippen MR) is 77.1 cm³/mol. The van der Waals surface area contributed by atoms with Gasteiger partial charge in [0, 0.05) is 12.6 Å². The summed E-state index contributed by atoms with van der Waals surface area (Å²) in [6.07, 6.45) is 1.22. The van der Waals surface area contributed by atoms with Gasteiger partial charge in [-0.05, 0) is 32.8 Å². The molecule has 3 heteroatoms. The third kappa shape index (κ3) is 4.03. The average molecular weight is 263 g/mol. The van der Waals surface area contributed by atoms with Crippen LogP contribution in [0, 0.1) is 6.92 Å². The topological polar surface area (TPSA) is 30.5 Å². The van der Waals surface area contributed by atoms with Crippen LogP contribution in [0.4, 0.5) is 0 Å². The van der Waals surface area contributed by atoms with Gasteiger partial charge in [0.2, 0.25) is 0 Å². The Hall–Kier alpha value is -0.900. The van der Waals surface area contributed by atoms with E-state index in [0.29, 0.717) is 12.6 Å². The highest BCUT2D eigenvalue weighted by molar-refractivity contribution is 5.24. The summed E-state index contributed by atoms with van der Waals surface area (Å²) in [6.45, 7) is 9.74. The van der Waals surface area contributed by atoms with E-state index in [4.69, 9.17) is 9.47 Å². The first-order valence-electron chi connectivity index (χ1n) is 7.12. The summed E-state index contributed by atoms with van der Waals surface area (Å²) in [5.74, 6) is -0.433. The molecule has 19 heavy (non-hydrogen) atoms. The number of rotatable bonds is 5. The first-order valence-corrected chi connectivity index (χ1v) is 7.12. The van der Waals surface area contributed by atoms with Gasteiger partial charge in [0.25, 0.3) is 0 Å². The molecule has 0 aliphatic carbocycles. The zero-order chi connectivity index (χ0) is 13.9. The van der Waals surface area contributed by atoms with E-state index in [1.165, 1.54) is 11.1 Å². The van der Waals surface area contributed by atoms with Gasteiger partial charge in [-0.2, -0.15) is 0 Å². The van der Waals surface area contributed by atoms with Gasteiger partial charge in [-0.15, -0.1) is 0 Å². The van der Waals surface area contributed by atoms with Crippen LogP contribution in [0.25, 0.3) is 0 Å². The zero-order valence-corrected chi connectivity index (χ0v) is 12.4. The van der Waals surface area contributed by atoms with E-state index in [1.54, 1.807) is 0 Å². The van der Waals surface area contributed by atoms with E-state index in [-0.39, 0.29) is 6.10 Å². The van der Waals surface area contributed by atoms with Crippen LogP contribution in [0.1, 0.15) is 44.4 Å². The normalized spacial score (nSPS) is 23.5. The lowest BCUT2D eigenvalue weighted by atomic mass is 10.0. The van der Waals surface area contributed by atoms with Gasteiger partial charge in [0.1, 0.15) is 0 Å². The third-order valence-corrected chi connectivity index (χ3v) is 3.55.